The number of nitrogens with one attached hydrogen (secondary N) is 1. The molecule has 0 saturated heterocycles. The van der Waals surface area contributed by atoms with E-state index in [2.05, 4.69) is 10.3 Å². The number of benzene rings is 1. The fourth-order valence-corrected chi connectivity index (χ4v) is 1.63. The van der Waals surface area contributed by atoms with Crippen molar-refractivity contribution in [3.63, 3.8) is 0 Å². The summed E-state index contributed by atoms with van der Waals surface area (Å²) in [4.78, 5) is 14.5. The fraction of sp³-hybridized carbons (Fsp3) is 0.417. The number of fused-ring (bicyclic) bond motifs is 1. The zero-order valence-corrected chi connectivity index (χ0v) is 10.7. The number of hydrogen-bond donors (Lipinski definition) is 2. The molecule has 2 rings (SSSR count). The minimum atomic E-state index is -0.574. The number of para-hydroxylation sites is 1. The monoisotopic (exact) mass is 265 g/mol. The maximum Gasteiger partial charge on any atom is 0.298 e. The normalized spacial score (nSPS) is 14.3. The molecule has 2 N–H and O–H groups in total. The molecule has 0 fully saturated rings. The quantitative estimate of drug-likeness (QED) is 0.635. The molecule has 7 nitrogen and oxygen atoms in total. The molecule has 0 aliphatic heterocycles. The average molecular weight is 265 g/mol. The molecular formula is C12H15N3O4. The van der Waals surface area contributed by atoms with Crippen molar-refractivity contribution in [2.75, 3.05) is 11.9 Å². The second-order valence-electron chi connectivity index (χ2n) is 4.60. The van der Waals surface area contributed by atoms with Crippen LogP contribution >= 0.6 is 0 Å². The molecule has 0 aliphatic rings. The Morgan fingerprint density at radius 3 is 2.89 bits per heavy atom. The number of non-ortho nitro benzene ring substituents is 1. The highest BCUT2D eigenvalue weighted by Crippen LogP contribution is 2.28. The predicted molar refractivity (Wildman–Crippen MR) is 70.1 cm³/mol. The van der Waals surface area contributed by atoms with Crippen molar-refractivity contribution >= 4 is 22.8 Å². The van der Waals surface area contributed by atoms with Gasteiger partial charge in [-0.15, -0.1) is 0 Å². The Morgan fingerprint density at radius 1 is 1.58 bits per heavy atom. The molecule has 7 heteroatoms. The van der Waals surface area contributed by atoms with E-state index in [1.165, 1.54) is 6.07 Å². The molecule has 19 heavy (non-hydrogen) atoms. The van der Waals surface area contributed by atoms with Crippen molar-refractivity contribution in [2.45, 2.75) is 25.8 Å². The Labute approximate surface area is 109 Å². The Bertz CT molecular complexity index is 604. The molecule has 1 aromatic heterocycles. The molecule has 0 spiro atoms. The molecule has 1 unspecified atom stereocenters. The van der Waals surface area contributed by atoms with Crippen LogP contribution in [0.1, 0.15) is 20.3 Å². The van der Waals surface area contributed by atoms with Gasteiger partial charge in [0.1, 0.15) is 0 Å². The van der Waals surface area contributed by atoms with Gasteiger partial charge in [-0.25, -0.2) is 0 Å². The highest BCUT2D eigenvalue weighted by molar-refractivity contribution is 5.84. The van der Waals surface area contributed by atoms with E-state index >= 15 is 0 Å². The molecular weight excluding hydrogens is 250 g/mol. The molecule has 0 bridgehead atoms. The van der Waals surface area contributed by atoms with Gasteiger partial charge < -0.3 is 14.8 Å². The number of nitro benzene ring substituents is 1. The topological polar surface area (TPSA) is 101 Å². The Kier molecular flexibility index (Phi) is 3.39. The second-order valence-corrected chi connectivity index (χ2v) is 4.60. The number of aromatic nitrogens is 1. The third kappa shape index (κ3) is 2.50. The summed E-state index contributed by atoms with van der Waals surface area (Å²) in [5.41, 5.74) is -0.133. The number of anilines is 1. The minimum Gasteiger partial charge on any atom is -0.423 e. The summed E-state index contributed by atoms with van der Waals surface area (Å²) in [7, 11) is 0. The number of aliphatic hydroxyl groups is 1. The van der Waals surface area contributed by atoms with Crippen molar-refractivity contribution in [1.82, 2.24) is 4.98 Å². The Hall–Kier alpha value is -2.15. The number of oxazole rings is 1. The lowest BCUT2D eigenvalue weighted by molar-refractivity contribution is -0.383. The third-order valence-corrected chi connectivity index (χ3v) is 3.13. The summed E-state index contributed by atoms with van der Waals surface area (Å²) in [5.74, 6) is 0. The summed E-state index contributed by atoms with van der Waals surface area (Å²) in [6.07, 6.45) is 0.657. The second kappa shape index (κ2) is 4.85. The Balaban J connectivity index is 2.42. The largest absolute Gasteiger partial charge is 0.423 e. The van der Waals surface area contributed by atoms with E-state index in [4.69, 9.17) is 4.42 Å². The van der Waals surface area contributed by atoms with Gasteiger partial charge in [-0.1, -0.05) is 13.0 Å². The molecule has 0 saturated carbocycles. The molecule has 1 heterocycles. The van der Waals surface area contributed by atoms with Crippen molar-refractivity contribution in [2.24, 2.45) is 0 Å². The smallest absolute Gasteiger partial charge is 0.298 e. The van der Waals surface area contributed by atoms with Crippen molar-refractivity contribution in [1.29, 1.82) is 0 Å². The number of rotatable bonds is 5. The molecule has 102 valence electrons. The van der Waals surface area contributed by atoms with E-state index in [1.54, 1.807) is 12.1 Å². The predicted octanol–water partition coefficient (Wildman–Crippen LogP) is 2.31. The lowest BCUT2D eigenvalue weighted by atomic mass is 10.0. The maximum absolute atomic E-state index is 10.9. The van der Waals surface area contributed by atoms with Gasteiger partial charge in [0, 0.05) is 6.07 Å². The first kappa shape index (κ1) is 13.3. The number of hydrogen-bond acceptors (Lipinski definition) is 6. The number of nitro groups is 1. The SMILES string of the molecule is CCC(C)(CO)Nc1nc2c([N+](=O)[O-])cccc2o1. The van der Waals surface area contributed by atoms with Gasteiger partial charge >= 0.3 is 0 Å². The van der Waals surface area contributed by atoms with Crippen molar-refractivity contribution in [3.8, 4) is 0 Å². The van der Waals surface area contributed by atoms with Crippen LogP contribution in [0.15, 0.2) is 22.6 Å². The van der Waals surface area contributed by atoms with Crippen molar-refractivity contribution < 1.29 is 14.4 Å². The van der Waals surface area contributed by atoms with Gasteiger partial charge in [-0.3, -0.25) is 10.1 Å². The first-order valence-corrected chi connectivity index (χ1v) is 5.92. The first-order valence-electron chi connectivity index (χ1n) is 5.92. The van der Waals surface area contributed by atoms with Crippen LogP contribution in [0.2, 0.25) is 0 Å². The fourth-order valence-electron chi connectivity index (χ4n) is 1.63. The van der Waals surface area contributed by atoms with Crippen LogP contribution in [0, 0.1) is 10.1 Å². The van der Waals surface area contributed by atoms with Crippen LogP contribution in [-0.2, 0) is 0 Å². The van der Waals surface area contributed by atoms with E-state index in [-0.39, 0.29) is 23.8 Å². The summed E-state index contributed by atoms with van der Waals surface area (Å²) in [6, 6.07) is 4.70. The van der Waals surface area contributed by atoms with E-state index in [1.807, 2.05) is 13.8 Å². The van der Waals surface area contributed by atoms with Crippen LogP contribution in [0.4, 0.5) is 11.7 Å². The number of nitrogens with zero attached hydrogens (tertiary/aromatic N) is 2. The summed E-state index contributed by atoms with van der Waals surface area (Å²) >= 11 is 0. The van der Waals surface area contributed by atoms with E-state index in [0.717, 1.165) is 0 Å². The van der Waals surface area contributed by atoms with Crippen LogP contribution in [0.25, 0.3) is 11.1 Å². The van der Waals surface area contributed by atoms with Crippen LogP contribution < -0.4 is 5.32 Å². The lowest BCUT2D eigenvalue weighted by Gasteiger charge is -2.25. The van der Waals surface area contributed by atoms with Crippen molar-refractivity contribution in [3.05, 3.63) is 28.3 Å². The van der Waals surface area contributed by atoms with Crippen LogP contribution in [-0.4, -0.2) is 27.2 Å². The van der Waals surface area contributed by atoms with Gasteiger partial charge in [-0.05, 0) is 19.4 Å². The van der Waals surface area contributed by atoms with Gasteiger partial charge in [0.05, 0.1) is 17.1 Å². The van der Waals surface area contributed by atoms with Gasteiger partial charge in [0.15, 0.2) is 11.1 Å². The highest BCUT2D eigenvalue weighted by Gasteiger charge is 2.24. The minimum absolute atomic E-state index is 0.0929. The highest BCUT2D eigenvalue weighted by atomic mass is 16.6. The summed E-state index contributed by atoms with van der Waals surface area (Å²) in [6.45, 7) is 3.63. The molecule has 0 amide bonds. The van der Waals surface area contributed by atoms with E-state index in [9.17, 15) is 15.2 Å². The zero-order valence-electron chi connectivity index (χ0n) is 10.7. The third-order valence-electron chi connectivity index (χ3n) is 3.13. The average Bonchev–Trinajstić information content (AvgIpc) is 2.79. The standard InChI is InChI=1S/C12H15N3O4/c1-3-12(2,7-16)14-11-13-10-8(15(17)18)5-4-6-9(10)19-11/h4-6,16H,3,7H2,1-2H3,(H,13,14). The van der Waals surface area contributed by atoms with Crippen LogP contribution in [0.5, 0.6) is 0 Å². The number of aliphatic hydroxyl groups excluding tert-OH is 1. The molecule has 0 aliphatic carbocycles. The lowest BCUT2D eigenvalue weighted by Crippen LogP contribution is -2.38. The van der Waals surface area contributed by atoms with Gasteiger partial charge in [0.2, 0.25) is 0 Å². The van der Waals surface area contributed by atoms with Crippen LogP contribution in [0.3, 0.4) is 0 Å². The maximum atomic E-state index is 10.9. The molecule has 1 aromatic carbocycles. The summed E-state index contributed by atoms with van der Waals surface area (Å²) < 4.78 is 5.42. The Morgan fingerprint density at radius 2 is 2.32 bits per heavy atom. The molecule has 0 radical (unpaired) electrons. The van der Waals surface area contributed by atoms with E-state index < -0.39 is 10.5 Å². The van der Waals surface area contributed by atoms with E-state index in [0.29, 0.717) is 12.0 Å². The first-order chi connectivity index (χ1) is 8.99. The van der Waals surface area contributed by atoms with Gasteiger partial charge in [0.25, 0.3) is 11.7 Å². The molecule has 2 aromatic rings. The zero-order chi connectivity index (χ0) is 14.0. The molecule has 1 atom stereocenters. The van der Waals surface area contributed by atoms with Gasteiger partial charge in [-0.2, -0.15) is 4.98 Å². The summed E-state index contributed by atoms with van der Waals surface area (Å²) in [5, 5.41) is 23.2.